The summed E-state index contributed by atoms with van der Waals surface area (Å²) < 4.78 is 6.08. The number of carbonyl (C=O) groups is 1. The third kappa shape index (κ3) is 8.35. The van der Waals surface area contributed by atoms with Crippen LogP contribution in [0.4, 0.5) is 5.82 Å². The Hall–Kier alpha value is -2.36. The molecule has 1 fully saturated rings. The molecule has 0 saturated carbocycles. The highest BCUT2D eigenvalue weighted by Crippen LogP contribution is 2.18. The smallest absolute Gasteiger partial charge is 0.227 e. The van der Waals surface area contributed by atoms with E-state index in [1.54, 1.807) is 6.07 Å². The highest BCUT2D eigenvalue weighted by atomic mass is 127. The quantitative estimate of drug-likeness (QED) is 0.319. The molecule has 31 heavy (non-hydrogen) atoms. The predicted octanol–water partition coefficient (Wildman–Crippen LogP) is 3.85. The number of carbonyl (C=O) groups excluding carboxylic acids is 1. The highest BCUT2D eigenvalue weighted by Gasteiger charge is 2.22. The molecule has 2 N–H and O–H groups in total. The minimum Gasteiger partial charge on any atom is -0.490 e. The number of pyridine rings is 1. The first kappa shape index (κ1) is 24.9. The van der Waals surface area contributed by atoms with Crippen molar-refractivity contribution in [3.63, 3.8) is 0 Å². The van der Waals surface area contributed by atoms with Crippen molar-refractivity contribution in [1.82, 2.24) is 15.2 Å². The number of para-hydroxylation sites is 1. The first-order chi connectivity index (χ1) is 14.6. The maximum Gasteiger partial charge on any atom is 0.227 e. The molecule has 1 aliphatic rings. The van der Waals surface area contributed by atoms with Crippen molar-refractivity contribution in [3.8, 4) is 5.75 Å². The summed E-state index contributed by atoms with van der Waals surface area (Å²) >= 11 is 0. The number of nitrogens with zero attached hydrogens (tertiary/aromatic N) is 3. The molecule has 2 aromatic rings. The van der Waals surface area contributed by atoms with Gasteiger partial charge < -0.3 is 20.3 Å². The van der Waals surface area contributed by atoms with E-state index in [0.717, 1.165) is 49.9 Å². The SMILES string of the molecule is CCNC(=NCCC(=O)Nc1cccc(C)n1)N1CCC(Oc2ccccc2)CC1.I. The van der Waals surface area contributed by atoms with Gasteiger partial charge in [-0.3, -0.25) is 9.79 Å². The van der Waals surface area contributed by atoms with Gasteiger partial charge in [0.05, 0.1) is 6.54 Å². The Morgan fingerprint density at radius 3 is 2.58 bits per heavy atom. The summed E-state index contributed by atoms with van der Waals surface area (Å²) in [6.07, 6.45) is 2.43. The van der Waals surface area contributed by atoms with Crippen molar-refractivity contribution in [1.29, 1.82) is 0 Å². The summed E-state index contributed by atoms with van der Waals surface area (Å²) in [5.41, 5.74) is 0.875. The van der Waals surface area contributed by atoms with E-state index in [1.807, 2.05) is 49.4 Å². The molecule has 8 heteroatoms. The highest BCUT2D eigenvalue weighted by molar-refractivity contribution is 14.0. The van der Waals surface area contributed by atoms with Crippen molar-refractivity contribution >= 4 is 41.7 Å². The van der Waals surface area contributed by atoms with Crippen LogP contribution in [0.25, 0.3) is 0 Å². The molecule has 1 aromatic carbocycles. The Morgan fingerprint density at radius 2 is 1.90 bits per heavy atom. The normalized spacial score (nSPS) is 14.5. The maximum atomic E-state index is 12.2. The summed E-state index contributed by atoms with van der Waals surface area (Å²) in [6, 6.07) is 15.5. The number of amides is 1. The molecular weight excluding hydrogens is 505 g/mol. The first-order valence-electron chi connectivity index (χ1n) is 10.6. The number of halogens is 1. The van der Waals surface area contributed by atoms with Crippen LogP contribution in [0.1, 0.15) is 31.9 Å². The predicted molar refractivity (Wildman–Crippen MR) is 135 cm³/mol. The van der Waals surface area contributed by atoms with E-state index in [2.05, 4.69) is 32.4 Å². The topological polar surface area (TPSA) is 78.8 Å². The standard InChI is InChI=1S/C23H31N5O2.HI/c1-3-24-23(25-15-12-22(29)27-21-11-7-8-18(2)26-21)28-16-13-20(14-17-28)30-19-9-5-4-6-10-19;/h4-11,20H,3,12-17H2,1-2H3,(H,24,25)(H,26,27,29);1H. The van der Waals surface area contributed by atoms with Crippen LogP contribution in [0.2, 0.25) is 0 Å². The van der Waals surface area contributed by atoms with Crippen molar-refractivity contribution in [2.75, 3.05) is 31.5 Å². The van der Waals surface area contributed by atoms with Gasteiger partial charge in [0, 0.05) is 44.6 Å². The van der Waals surface area contributed by atoms with E-state index in [9.17, 15) is 4.79 Å². The molecule has 0 aliphatic carbocycles. The van der Waals surface area contributed by atoms with Crippen LogP contribution in [0.5, 0.6) is 5.75 Å². The molecule has 0 atom stereocenters. The molecule has 0 radical (unpaired) electrons. The molecular formula is C23H32IN5O2. The van der Waals surface area contributed by atoms with Gasteiger partial charge in [-0.15, -0.1) is 24.0 Å². The van der Waals surface area contributed by atoms with E-state index in [-0.39, 0.29) is 36.0 Å². The average Bonchev–Trinajstić information content (AvgIpc) is 2.74. The molecule has 0 spiro atoms. The minimum absolute atomic E-state index is 0. The monoisotopic (exact) mass is 537 g/mol. The molecule has 1 saturated heterocycles. The molecule has 1 aromatic heterocycles. The van der Waals surface area contributed by atoms with E-state index in [4.69, 9.17) is 4.74 Å². The van der Waals surface area contributed by atoms with Gasteiger partial charge in [0.1, 0.15) is 17.7 Å². The fourth-order valence-corrected chi connectivity index (χ4v) is 3.38. The van der Waals surface area contributed by atoms with Gasteiger partial charge in [-0.2, -0.15) is 0 Å². The Labute approximate surface area is 201 Å². The Balaban J connectivity index is 0.00000341. The average molecular weight is 537 g/mol. The number of aliphatic imine (C=N–C) groups is 1. The number of aromatic nitrogens is 1. The second kappa shape index (κ2) is 13.1. The van der Waals surface area contributed by atoms with Crippen LogP contribution in [0, 0.1) is 6.92 Å². The fourth-order valence-electron chi connectivity index (χ4n) is 3.38. The molecule has 168 valence electrons. The fraction of sp³-hybridized carbons (Fsp3) is 0.435. The van der Waals surface area contributed by atoms with Crippen LogP contribution in [0.15, 0.2) is 53.5 Å². The number of aryl methyl sites for hydroxylation is 1. The lowest BCUT2D eigenvalue weighted by molar-refractivity contribution is -0.116. The lowest BCUT2D eigenvalue weighted by Gasteiger charge is -2.34. The molecule has 2 heterocycles. The number of nitrogens with one attached hydrogen (secondary N) is 2. The zero-order valence-electron chi connectivity index (χ0n) is 18.2. The molecule has 0 unspecified atom stereocenters. The van der Waals surface area contributed by atoms with Gasteiger partial charge in [0.15, 0.2) is 5.96 Å². The van der Waals surface area contributed by atoms with Crippen LogP contribution in [0.3, 0.4) is 0 Å². The van der Waals surface area contributed by atoms with Gasteiger partial charge in [-0.25, -0.2) is 4.98 Å². The zero-order chi connectivity index (χ0) is 21.2. The zero-order valence-corrected chi connectivity index (χ0v) is 20.5. The van der Waals surface area contributed by atoms with Crippen LogP contribution < -0.4 is 15.4 Å². The van der Waals surface area contributed by atoms with E-state index in [0.29, 0.717) is 18.8 Å². The molecule has 3 rings (SSSR count). The van der Waals surface area contributed by atoms with Crippen LogP contribution in [-0.2, 0) is 4.79 Å². The number of anilines is 1. The maximum absolute atomic E-state index is 12.2. The van der Waals surface area contributed by atoms with Gasteiger partial charge >= 0.3 is 0 Å². The molecule has 7 nitrogen and oxygen atoms in total. The molecule has 1 aliphatic heterocycles. The number of hydrogen-bond donors (Lipinski definition) is 2. The first-order valence-corrected chi connectivity index (χ1v) is 10.6. The Bertz CT molecular complexity index is 839. The lowest BCUT2D eigenvalue weighted by Crippen LogP contribution is -2.47. The van der Waals surface area contributed by atoms with Crippen molar-refractivity contribution in [2.45, 2.75) is 39.2 Å². The van der Waals surface area contributed by atoms with Crippen molar-refractivity contribution < 1.29 is 9.53 Å². The van der Waals surface area contributed by atoms with Gasteiger partial charge in [0.25, 0.3) is 0 Å². The van der Waals surface area contributed by atoms with Crippen molar-refractivity contribution in [2.24, 2.45) is 4.99 Å². The van der Waals surface area contributed by atoms with E-state index in [1.165, 1.54) is 0 Å². The Kier molecular flexibility index (Phi) is 10.6. The summed E-state index contributed by atoms with van der Waals surface area (Å²) in [6.45, 7) is 6.93. The summed E-state index contributed by atoms with van der Waals surface area (Å²) in [7, 11) is 0. The second-order valence-corrected chi connectivity index (χ2v) is 7.32. The number of benzene rings is 1. The van der Waals surface area contributed by atoms with Gasteiger partial charge in [-0.05, 0) is 38.1 Å². The number of rotatable bonds is 7. The third-order valence-corrected chi connectivity index (χ3v) is 4.88. The largest absolute Gasteiger partial charge is 0.490 e. The number of ether oxygens (including phenoxy) is 1. The number of hydrogen-bond acceptors (Lipinski definition) is 4. The Morgan fingerprint density at radius 1 is 1.16 bits per heavy atom. The molecule has 0 bridgehead atoms. The van der Waals surface area contributed by atoms with Crippen LogP contribution in [-0.4, -0.2) is 54.0 Å². The van der Waals surface area contributed by atoms with Crippen LogP contribution >= 0.6 is 24.0 Å². The van der Waals surface area contributed by atoms with Gasteiger partial charge in [0.2, 0.25) is 5.91 Å². The number of guanidine groups is 1. The van der Waals surface area contributed by atoms with E-state index < -0.39 is 0 Å². The summed E-state index contributed by atoms with van der Waals surface area (Å²) in [4.78, 5) is 23.4. The third-order valence-electron chi connectivity index (χ3n) is 4.88. The lowest BCUT2D eigenvalue weighted by atomic mass is 10.1. The summed E-state index contributed by atoms with van der Waals surface area (Å²) in [5, 5.41) is 6.17. The molecule has 1 amide bonds. The minimum atomic E-state index is -0.0809. The second-order valence-electron chi connectivity index (χ2n) is 7.32. The van der Waals surface area contributed by atoms with Gasteiger partial charge in [-0.1, -0.05) is 24.3 Å². The number of likely N-dealkylation sites (tertiary alicyclic amines) is 1. The van der Waals surface area contributed by atoms with E-state index >= 15 is 0 Å². The summed E-state index contributed by atoms with van der Waals surface area (Å²) in [5.74, 6) is 2.28. The number of piperidine rings is 1. The van der Waals surface area contributed by atoms with Crippen molar-refractivity contribution in [3.05, 3.63) is 54.2 Å².